The molecule has 0 amide bonds. The number of nitrogens with zero attached hydrogens (tertiary/aromatic N) is 1. The lowest BCUT2D eigenvalue weighted by molar-refractivity contribution is 0.0918. The number of thiophene rings is 1. The summed E-state index contributed by atoms with van der Waals surface area (Å²) in [5, 5.41) is 1.20. The summed E-state index contributed by atoms with van der Waals surface area (Å²) in [5.41, 5.74) is 4.66. The monoisotopic (exact) mass is 447 g/mol. The maximum absolute atomic E-state index is 13.0. The minimum atomic E-state index is -0.0242. The fraction of sp³-hybridized carbons (Fsp3) is 0.370. The number of hydrogen-bond acceptors (Lipinski definition) is 5. The first-order valence-corrected chi connectivity index (χ1v) is 12.1. The number of fused-ring (bicyclic) bond motifs is 1. The van der Waals surface area contributed by atoms with Crippen LogP contribution in [0.1, 0.15) is 41.1 Å². The lowest BCUT2D eigenvalue weighted by atomic mass is 9.75. The van der Waals surface area contributed by atoms with Gasteiger partial charge in [0.15, 0.2) is 5.78 Å². The first kappa shape index (κ1) is 21.2. The van der Waals surface area contributed by atoms with Gasteiger partial charge in [0.25, 0.3) is 0 Å². The molecule has 5 heteroatoms. The van der Waals surface area contributed by atoms with E-state index < -0.39 is 0 Å². The van der Waals surface area contributed by atoms with Gasteiger partial charge < -0.3 is 14.4 Å². The third kappa shape index (κ3) is 4.32. The standard InChI is InChI=1S/C27H29NO3S/c1-27(2)16-22-24(26(28-11-13-30-14-12-28)32-25(22)23(29)17-27)20-9-6-10-21(15-20)31-18-19-7-4-3-5-8-19/h3-10,15H,11-14,16-18H2,1-2H3. The highest BCUT2D eigenvalue weighted by Gasteiger charge is 2.37. The maximum atomic E-state index is 13.0. The number of hydrogen-bond donors (Lipinski definition) is 0. The largest absolute Gasteiger partial charge is 0.489 e. The average molecular weight is 448 g/mol. The van der Waals surface area contributed by atoms with E-state index in [0.29, 0.717) is 13.0 Å². The number of morpholine rings is 1. The number of rotatable bonds is 5. The van der Waals surface area contributed by atoms with Crippen LogP contribution in [0.2, 0.25) is 0 Å². The zero-order chi connectivity index (χ0) is 22.1. The number of ketones is 1. The molecule has 32 heavy (non-hydrogen) atoms. The van der Waals surface area contributed by atoms with Crippen LogP contribution in [0, 0.1) is 5.41 Å². The van der Waals surface area contributed by atoms with Crippen molar-refractivity contribution in [1.29, 1.82) is 0 Å². The van der Waals surface area contributed by atoms with Crippen LogP contribution in [0.5, 0.6) is 5.75 Å². The topological polar surface area (TPSA) is 38.8 Å². The van der Waals surface area contributed by atoms with E-state index in [4.69, 9.17) is 9.47 Å². The quantitative estimate of drug-likeness (QED) is 0.482. The van der Waals surface area contributed by atoms with Gasteiger partial charge in [0.05, 0.1) is 23.1 Å². The van der Waals surface area contributed by atoms with Crippen molar-refractivity contribution in [3.8, 4) is 16.9 Å². The van der Waals surface area contributed by atoms with Crippen molar-refractivity contribution in [3.63, 3.8) is 0 Å². The third-order valence-electron chi connectivity index (χ3n) is 6.21. The van der Waals surface area contributed by atoms with E-state index in [1.165, 1.54) is 16.1 Å². The highest BCUT2D eigenvalue weighted by Crippen LogP contribution is 2.49. The Morgan fingerprint density at radius 1 is 1.03 bits per heavy atom. The normalized spacial score (nSPS) is 17.8. The van der Waals surface area contributed by atoms with Gasteiger partial charge in [0, 0.05) is 25.1 Å². The van der Waals surface area contributed by atoms with Crippen molar-refractivity contribution in [2.45, 2.75) is 33.3 Å². The summed E-state index contributed by atoms with van der Waals surface area (Å²) in [6.07, 6.45) is 1.53. The summed E-state index contributed by atoms with van der Waals surface area (Å²) in [6, 6.07) is 18.6. The number of carbonyl (C=O) groups is 1. The molecule has 0 unspecified atom stereocenters. The Balaban J connectivity index is 1.54. The fourth-order valence-corrected chi connectivity index (χ4v) is 6.00. The first-order valence-electron chi connectivity index (χ1n) is 11.3. The molecule has 0 bridgehead atoms. The predicted molar refractivity (Wildman–Crippen MR) is 130 cm³/mol. The molecule has 4 nitrogen and oxygen atoms in total. The van der Waals surface area contributed by atoms with Crippen molar-refractivity contribution < 1.29 is 14.3 Å². The molecule has 1 aliphatic heterocycles. The van der Waals surface area contributed by atoms with Crippen molar-refractivity contribution in [2.24, 2.45) is 5.41 Å². The molecule has 166 valence electrons. The number of ether oxygens (including phenoxy) is 2. The van der Waals surface area contributed by atoms with E-state index in [0.717, 1.165) is 54.5 Å². The van der Waals surface area contributed by atoms with Crippen LogP contribution in [0.15, 0.2) is 54.6 Å². The minimum absolute atomic E-state index is 0.0242. The molecule has 2 aromatic carbocycles. The Labute approximate surface area is 193 Å². The van der Waals surface area contributed by atoms with Gasteiger partial charge in [-0.15, -0.1) is 11.3 Å². The van der Waals surface area contributed by atoms with Crippen molar-refractivity contribution in [1.82, 2.24) is 0 Å². The summed E-state index contributed by atoms with van der Waals surface area (Å²) in [5.74, 6) is 1.12. The molecule has 1 fully saturated rings. The first-order chi connectivity index (χ1) is 15.5. The zero-order valence-corrected chi connectivity index (χ0v) is 19.5. The van der Waals surface area contributed by atoms with E-state index in [-0.39, 0.29) is 11.2 Å². The van der Waals surface area contributed by atoms with Crippen molar-refractivity contribution in [3.05, 3.63) is 70.6 Å². The second kappa shape index (κ2) is 8.72. The van der Waals surface area contributed by atoms with Gasteiger partial charge in [-0.3, -0.25) is 4.79 Å². The van der Waals surface area contributed by atoms with Crippen molar-refractivity contribution >= 4 is 22.1 Å². The van der Waals surface area contributed by atoms with E-state index in [1.807, 2.05) is 24.3 Å². The molecular weight excluding hydrogens is 418 g/mol. The van der Waals surface area contributed by atoms with E-state index in [9.17, 15) is 4.79 Å². The van der Waals surface area contributed by atoms with Gasteiger partial charge in [0.1, 0.15) is 12.4 Å². The lowest BCUT2D eigenvalue weighted by Crippen LogP contribution is -2.36. The predicted octanol–water partition coefficient (Wildman–Crippen LogP) is 5.99. The molecule has 2 aliphatic rings. The summed E-state index contributed by atoms with van der Waals surface area (Å²) in [6.45, 7) is 8.09. The average Bonchev–Trinajstić information content (AvgIpc) is 3.18. The molecule has 1 aromatic heterocycles. The van der Waals surface area contributed by atoms with Crippen LogP contribution >= 0.6 is 11.3 Å². The fourth-order valence-electron chi connectivity index (χ4n) is 4.67. The number of Topliss-reactive ketones (excluding diaryl/α,β-unsaturated/α-hetero) is 1. The second-order valence-corrected chi connectivity index (χ2v) is 10.4. The van der Waals surface area contributed by atoms with Crippen LogP contribution in [0.3, 0.4) is 0 Å². The molecule has 5 rings (SSSR count). The van der Waals surface area contributed by atoms with Crippen LogP contribution in [0.25, 0.3) is 11.1 Å². The zero-order valence-electron chi connectivity index (χ0n) is 18.7. The molecule has 1 saturated heterocycles. The maximum Gasteiger partial charge on any atom is 0.173 e. The summed E-state index contributed by atoms with van der Waals surface area (Å²) in [4.78, 5) is 16.4. The van der Waals surface area contributed by atoms with Gasteiger partial charge in [-0.25, -0.2) is 0 Å². The van der Waals surface area contributed by atoms with Gasteiger partial charge >= 0.3 is 0 Å². The highest BCUT2D eigenvalue weighted by molar-refractivity contribution is 7.19. The minimum Gasteiger partial charge on any atom is -0.489 e. The third-order valence-corrected chi connectivity index (χ3v) is 7.54. The number of carbonyl (C=O) groups excluding carboxylic acids is 1. The SMILES string of the molecule is CC1(C)CC(=O)c2sc(N3CCOCC3)c(-c3cccc(OCc4ccccc4)c3)c2C1. The Kier molecular flexibility index (Phi) is 5.78. The summed E-state index contributed by atoms with van der Waals surface area (Å²) >= 11 is 1.67. The number of benzene rings is 2. The highest BCUT2D eigenvalue weighted by atomic mass is 32.1. The molecule has 3 aromatic rings. The van der Waals surface area contributed by atoms with Gasteiger partial charge in [-0.2, -0.15) is 0 Å². The van der Waals surface area contributed by atoms with Crippen LogP contribution in [-0.2, 0) is 17.8 Å². The Morgan fingerprint density at radius 2 is 1.81 bits per heavy atom. The van der Waals surface area contributed by atoms with Crippen LogP contribution in [-0.4, -0.2) is 32.1 Å². The van der Waals surface area contributed by atoms with Gasteiger partial charge in [-0.1, -0.05) is 56.3 Å². The Hall–Kier alpha value is -2.63. The Bertz CT molecular complexity index is 1110. The van der Waals surface area contributed by atoms with Gasteiger partial charge in [-0.05, 0) is 40.7 Å². The molecule has 0 spiro atoms. The lowest BCUT2D eigenvalue weighted by Gasteiger charge is -2.30. The van der Waals surface area contributed by atoms with E-state index in [2.05, 4.69) is 49.1 Å². The van der Waals surface area contributed by atoms with Gasteiger partial charge in [0.2, 0.25) is 0 Å². The second-order valence-electron chi connectivity index (χ2n) is 9.43. The molecule has 0 atom stereocenters. The molecular formula is C27H29NO3S. The molecule has 1 aliphatic carbocycles. The summed E-state index contributed by atoms with van der Waals surface area (Å²) in [7, 11) is 0. The van der Waals surface area contributed by atoms with E-state index in [1.54, 1.807) is 11.3 Å². The summed E-state index contributed by atoms with van der Waals surface area (Å²) < 4.78 is 11.7. The molecule has 0 saturated carbocycles. The number of anilines is 1. The van der Waals surface area contributed by atoms with Crippen molar-refractivity contribution in [2.75, 3.05) is 31.2 Å². The van der Waals surface area contributed by atoms with Crippen LogP contribution in [0.4, 0.5) is 5.00 Å². The van der Waals surface area contributed by atoms with Crippen LogP contribution < -0.4 is 9.64 Å². The Morgan fingerprint density at radius 3 is 2.59 bits per heavy atom. The van der Waals surface area contributed by atoms with E-state index >= 15 is 0 Å². The smallest absolute Gasteiger partial charge is 0.173 e. The molecule has 0 N–H and O–H groups in total. The molecule has 2 heterocycles. The molecule has 0 radical (unpaired) electrons.